The molecule has 18 nitrogen and oxygen atoms in total. The van der Waals surface area contributed by atoms with Gasteiger partial charge in [-0.25, -0.2) is 4.79 Å². The summed E-state index contributed by atoms with van der Waals surface area (Å²) in [7, 11) is 0. The van der Waals surface area contributed by atoms with E-state index in [0.717, 1.165) is 0 Å². The van der Waals surface area contributed by atoms with Crippen LogP contribution < -0.4 is 37.6 Å². The number of rotatable bonds is 20. The van der Waals surface area contributed by atoms with Crippen LogP contribution in [-0.2, 0) is 40.0 Å². The van der Waals surface area contributed by atoms with Crippen molar-refractivity contribution < 1.29 is 54.0 Å². The van der Waals surface area contributed by atoms with E-state index in [1.165, 1.54) is 13.8 Å². The van der Waals surface area contributed by atoms with Crippen LogP contribution in [0.25, 0.3) is 0 Å². The Labute approximate surface area is 277 Å². The maximum absolute atomic E-state index is 13.6. The van der Waals surface area contributed by atoms with Crippen LogP contribution in [0.15, 0.2) is 30.3 Å². The second kappa shape index (κ2) is 20.6. The number of aliphatic carboxylic acids is 1. The zero-order valence-corrected chi connectivity index (χ0v) is 27.3. The van der Waals surface area contributed by atoms with Crippen LogP contribution in [0.5, 0.6) is 0 Å². The molecule has 0 aliphatic heterocycles. The van der Waals surface area contributed by atoms with Gasteiger partial charge in [-0.1, -0.05) is 44.2 Å². The van der Waals surface area contributed by atoms with Crippen LogP contribution in [0.4, 0.5) is 0 Å². The Bertz CT molecular complexity index is 1260. The Morgan fingerprint density at radius 2 is 1.02 bits per heavy atom. The molecule has 0 fully saturated rings. The van der Waals surface area contributed by atoms with Crippen LogP contribution in [0, 0.1) is 5.92 Å². The van der Waals surface area contributed by atoms with E-state index in [-0.39, 0.29) is 18.8 Å². The molecule has 0 bridgehead atoms. The van der Waals surface area contributed by atoms with E-state index in [4.69, 9.17) is 21.1 Å². The SMILES string of the molecule is CC(C)C[C@H](NC(=O)[C@H](Cc1ccccc1)NC(=O)[C@H](CO)NC(=O)[C@H](C)NC(=O)[C@@H](N)CO)C(=O)N[C@@H](C)C(=O)N[C@@H](CO)C(=O)O. The topological polar surface area (TPSA) is 299 Å². The van der Waals surface area contributed by atoms with Crippen LogP contribution in [-0.4, -0.2) is 124 Å². The Kier molecular flexibility index (Phi) is 17.7. The number of amides is 6. The minimum absolute atomic E-state index is 0.0669. The van der Waals surface area contributed by atoms with Crippen molar-refractivity contribution >= 4 is 41.4 Å². The first-order valence-corrected chi connectivity index (χ1v) is 15.2. The van der Waals surface area contributed by atoms with Gasteiger partial charge in [0.15, 0.2) is 0 Å². The van der Waals surface area contributed by atoms with Crippen molar-refractivity contribution in [1.29, 1.82) is 0 Å². The highest BCUT2D eigenvalue weighted by molar-refractivity contribution is 5.97. The summed E-state index contributed by atoms with van der Waals surface area (Å²) in [5.74, 6) is -6.75. The summed E-state index contributed by atoms with van der Waals surface area (Å²) in [5.41, 5.74) is 6.05. The number of carboxylic acid groups (broad SMARTS) is 1. The zero-order valence-electron chi connectivity index (χ0n) is 27.3. The minimum atomic E-state index is -1.59. The quantitative estimate of drug-likeness (QED) is 0.0622. The van der Waals surface area contributed by atoms with Crippen molar-refractivity contribution in [2.24, 2.45) is 11.7 Å². The van der Waals surface area contributed by atoms with Crippen molar-refractivity contribution in [3.63, 3.8) is 0 Å². The molecule has 0 aliphatic rings. The molecule has 12 N–H and O–H groups in total. The number of carboxylic acids is 1. The van der Waals surface area contributed by atoms with E-state index in [0.29, 0.717) is 5.56 Å². The lowest BCUT2D eigenvalue weighted by Gasteiger charge is -2.27. The molecule has 0 unspecified atom stereocenters. The van der Waals surface area contributed by atoms with Crippen molar-refractivity contribution in [1.82, 2.24) is 31.9 Å². The fraction of sp³-hybridized carbons (Fsp3) is 0.567. The number of nitrogens with one attached hydrogen (secondary N) is 6. The predicted molar refractivity (Wildman–Crippen MR) is 169 cm³/mol. The second-order valence-electron chi connectivity index (χ2n) is 11.5. The molecule has 0 spiro atoms. The molecule has 18 heteroatoms. The summed E-state index contributed by atoms with van der Waals surface area (Å²) in [6.07, 6.45) is 0.0355. The molecule has 7 atom stereocenters. The van der Waals surface area contributed by atoms with Gasteiger partial charge in [-0.05, 0) is 31.7 Å². The van der Waals surface area contributed by atoms with Crippen LogP contribution in [0.1, 0.15) is 39.7 Å². The summed E-state index contributed by atoms with van der Waals surface area (Å²) in [6.45, 7) is 3.70. The maximum Gasteiger partial charge on any atom is 0.328 e. The fourth-order valence-electron chi connectivity index (χ4n) is 4.13. The first-order valence-electron chi connectivity index (χ1n) is 15.2. The Balaban J connectivity index is 3.14. The molecule has 48 heavy (non-hydrogen) atoms. The van der Waals surface area contributed by atoms with Gasteiger partial charge in [0.1, 0.15) is 42.3 Å². The maximum atomic E-state index is 13.6. The highest BCUT2D eigenvalue weighted by atomic mass is 16.4. The number of aliphatic hydroxyl groups is 3. The van der Waals surface area contributed by atoms with Crippen molar-refractivity contribution in [2.75, 3.05) is 19.8 Å². The molecule has 0 saturated heterocycles. The van der Waals surface area contributed by atoms with Gasteiger partial charge in [0.2, 0.25) is 35.4 Å². The average Bonchev–Trinajstić information content (AvgIpc) is 3.04. The van der Waals surface area contributed by atoms with Gasteiger partial charge in [0, 0.05) is 6.42 Å². The van der Waals surface area contributed by atoms with Gasteiger partial charge in [-0.2, -0.15) is 0 Å². The highest BCUT2D eigenvalue weighted by Gasteiger charge is 2.32. The lowest BCUT2D eigenvalue weighted by atomic mass is 10.0. The third kappa shape index (κ3) is 14.0. The molecule has 6 amide bonds. The number of hydrogen-bond acceptors (Lipinski definition) is 11. The largest absolute Gasteiger partial charge is 0.480 e. The number of hydrogen-bond donors (Lipinski definition) is 11. The van der Waals surface area contributed by atoms with Crippen LogP contribution >= 0.6 is 0 Å². The number of carbonyl (C=O) groups excluding carboxylic acids is 6. The smallest absolute Gasteiger partial charge is 0.328 e. The molecule has 0 aromatic heterocycles. The van der Waals surface area contributed by atoms with E-state index >= 15 is 0 Å². The summed E-state index contributed by atoms with van der Waals surface area (Å²) < 4.78 is 0. The van der Waals surface area contributed by atoms with Crippen molar-refractivity contribution in [2.45, 2.75) is 82.8 Å². The van der Waals surface area contributed by atoms with E-state index in [1.54, 1.807) is 44.2 Å². The van der Waals surface area contributed by atoms with E-state index in [1.807, 2.05) is 0 Å². The van der Waals surface area contributed by atoms with Gasteiger partial charge < -0.3 is 58.1 Å². The Morgan fingerprint density at radius 3 is 1.50 bits per heavy atom. The summed E-state index contributed by atoms with van der Waals surface area (Å²) in [6, 6.07) is -0.911. The van der Waals surface area contributed by atoms with Crippen LogP contribution in [0.2, 0.25) is 0 Å². The zero-order chi connectivity index (χ0) is 36.6. The molecule has 0 saturated carbocycles. The van der Waals surface area contributed by atoms with Crippen molar-refractivity contribution in [3.05, 3.63) is 35.9 Å². The third-order valence-corrected chi connectivity index (χ3v) is 6.91. The molecule has 0 aliphatic carbocycles. The molecule has 1 aromatic rings. The number of nitrogens with two attached hydrogens (primary N) is 1. The van der Waals surface area contributed by atoms with Gasteiger partial charge in [0.25, 0.3) is 0 Å². The minimum Gasteiger partial charge on any atom is -0.480 e. The summed E-state index contributed by atoms with van der Waals surface area (Å²) in [4.78, 5) is 88.1. The van der Waals surface area contributed by atoms with Gasteiger partial charge in [0.05, 0.1) is 19.8 Å². The Morgan fingerprint density at radius 1 is 0.583 bits per heavy atom. The molecule has 0 radical (unpaired) electrons. The predicted octanol–water partition coefficient (Wildman–Crippen LogP) is -4.39. The first-order chi connectivity index (χ1) is 22.5. The van der Waals surface area contributed by atoms with E-state index in [2.05, 4.69) is 31.9 Å². The fourth-order valence-corrected chi connectivity index (χ4v) is 4.13. The molecular formula is C30H47N7O11. The van der Waals surface area contributed by atoms with E-state index in [9.17, 15) is 38.7 Å². The Hall–Kier alpha value is -4.65. The van der Waals surface area contributed by atoms with Gasteiger partial charge in [-0.15, -0.1) is 0 Å². The summed E-state index contributed by atoms with van der Waals surface area (Å²) >= 11 is 0. The molecule has 1 aromatic carbocycles. The molecular weight excluding hydrogens is 634 g/mol. The third-order valence-electron chi connectivity index (χ3n) is 6.91. The van der Waals surface area contributed by atoms with Crippen molar-refractivity contribution in [3.8, 4) is 0 Å². The average molecular weight is 682 g/mol. The lowest BCUT2D eigenvalue weighted by molar-refractivity contribution is -0.143. The molecule has 0 heterocycles. The standard InChI is InChI=1S/C30H47N7O11/c1-15(2)10-20(27(44)33-17(4)25(42)37-23(14-40)30(47)48)34-28(45)21(11-18-8-6-5-7-9-18)35-29(46)22(13-39)36-24(41)16(3)32-26(43)19(31)12-38/h5-9,15-17,19-23,38-40H,10-14,31H2,1-4H3,(H,32,43)(H,33,44)(H,34,45)(H,35,46)(H,36,41)(H,37,42)(H,47,48)/t16-,17-,19-,20-,21-,22-,23-/m0/s1. The number of carbonyl (C=O) groups is 7. The summed E-state index contributed by atoms with van der Waals surface area (Å²) in [5, 5.41) is 51.2. The van der Waals surface area contributed by atoms with Crippen LogP contribution in [0.3, 0.4) is 0 Å². The molecule has 268 valence electrons. The normalized spacial score (nSPS) is 15.4. The first kappa shape index (κ1) is 41.4. The lowest BCUT2D eigenvalue weighted by Crippen LogP contribution is -2.60. The van der Waals surface area contributed by atoms with Gasteiger partial charge in [-0.3, -0.25) is 28.8 Å². The second-order valence-corrected chi connectivity index (χ2v) is 11.5. The number of aliphatic hydroxyl groups excluding tert-OH is 3. The monoisotopic (exact) mass is 681 g/mol. The van der Waals surface area contributed by atoms with E-state index < -0.39 is 104 Å². The van der Waals surface area contributed by atoms with Gasteiger partial charge >= 0.3 is 5.97 Å². The molecule has 1 rings (SSSR count). The number of benzene rings is 1. The highest BCUT2D eigenvalue weighted by Crippen LogP contribution is 2.09.